The first-order valence-corrected chi connectivity index (χ1v) is 13.0. The number of halogens is 1. The van der Waals surface area contributed by atoms with Gasteiger partial charge in [-0.3, -0.25) is 13.9 Å². The number of hydrogen-bond donors (Lipinski definition) is 1. The lowest BCUT2D eigenvalue weighted by Crippen LogP contribution is -2.51. The van der Waals surface area contributed by atoms with Gasteiger partial charge in [0.1, 0.15) is 12.6 Å². The van der Waals surface area contributed by atoms with Gasteiger partial charge in [-0.15, -0.1) is 0 Å². The zero-order valence-electron chi connectivity index (χ0n) is 19.7. The average molecular weight is 494 g/mol. The fourth-order valence-electron chi connectivity index (χ4n) is 3.25. The summed E-state index contributed by atoms with van der Waals surface area (Å²) >= 11 is 6.23. The molecule has 33 heavy (non-hydrogen) atoms. The largest absolute Gasteiger partial charge is 0.354 e. The summed E-state index contributed by atoms with van der Waals surface area (Å²) < 4.78 is 26.1. The Balaban J connectivity index is 2.39. The van der Waals surface area contributed by atoms with Crippen molar-refractivity contribution in [2.24, 2.45) is 5.92 Å². The first-order chi connectivity index (χ1) is 15.4. The molecule has 1 atom stereocenters. The molecule has 0 heterocycles. The molecule has 7 nitrogen and oxygen atoms in total. The Morgan fingerprint density at radius 3 is 2.21 bits per heavy atom. The minimum atomic E-state index is -3.82. The quantitative estimate of drug-likeness (QED) is 0.547. The van der Waals surface area contributed by atoms with Crippen LogP contribution in [0.25, 0.3) is 0 Å². The lowest BCUT2D eigenvalue weighted by molar-refractivity contribution is -0.139. The third-order valence-corrected chi connectivity index (χ3v) is 6.70. The number of hydrogen-bond acceptors (Lipinski definition) is 4. The molecule has 0 radical (unpaired) electrons. The number of benzene rings is 2. The minimum absolute atomic E-state index is 0.169. The first kappa shape index (κ1) is 26.7. The number of sulfonamides is 1. The predicted octanol–water partition coefficient (Wildman–Crippen LogP) is 3.60. The van der Waals surface area contributed by atoms with Crippen LogP contribution in [0, 0.1) is 12.8 Å². The highest BCUT2D eigenvalue weighted by Gasteiger charge is 2.30. The lowest BCUT2D eigenvalue weighted by atomic mass is 10.1. The van der Waals surface area contributed by atoms with Crippen molar-refractivity contribution in [2.45, 2.75) is 40.3 Å². The molecule has 2 aromatic carbocycles. The van der Waals surface area contributed by atoms with Gasteiger partial charge < -0.3 is 10.2 Å². The second-order valence-corrected chi connectivity index (χ2v) is 10.8. The van der Waals surface area contributed by atoms with Crippen LogP contribution in [0.1, 0.15) is 31.9 Å². The second kappa shape index (κ2) is 11.5. The number of carbonyl (C=O) groups excluding carboxylic acids is 2. The van der Waals surface area contributed by atoms with Crippen molar-refractivity contribution in [1.82, 2.24) is 10.2 Å². The number of carbonyl (C=O) groups is 2. The fraction of sp³-hybridized carbons (Fsp3) is 0.417. The first-order valence-electron chi connectivity index (χ1n) is 10.8. The van der Waals surface area contributed by atoms with Crippen molar-refractivity contribution in [3.8, 4) is 0 Å². The minimum Gasteiger partial charge on any atom is -0.354 e. The number of nitrogens with one attached hydrogen (secondary N) is 1. The van der Waals surface area contributed by atoms with Gasteiger partial charge in [0.15, 0.2) is 0 Å². The molecule has 0 aliphatic heterocycles. The summed E-state index contributed by atoms with van der Waals surface area (Å²) in [6.45, 7) is 7.70. The van der Waals surface area contributed by atoms with Crippen LogP contribution in [0.3, 0.4) is 0 Å². The SMILES string of the molecule is Cc1ccccc1CN(C(=O)CN(c1ccccc1Cl)S(C)(=O)=O)[C@@H](C)C(=O)NCC(C)C. The molecular weight excluding hydrogens is 462 g/mol. The Labute approximate surface area is 201 Å². The van der Waals surface area contributed by atoms with Crippen LogP contribution >= 0.6 is 11.6 Å². The van der Waals surface area contributed by atoms with Gasteiger partial charge in [0.05, 0.1) is 17.0 Å². The molecule has 0 aliphatic rings. The number of para-hydroxylation sites is 1. The van der Waals surface area contributed by atoms with Crippen molar-refractivity contribution >= 4 is 39.1 Å². The normalized spacial score (nSPS) is 12.3. The maximum atomic E-state index is 13.5. The molecule has 9 heteroatoms. The van der Waals surface area contributed by atoms with Gasteiger partial charge >= 0.3 is 0 Å². The molecule has 0 bridgehead atoms. The topological polar surface area (TPSA) is 86.8 Å². The highest BCUT2D eigenvalue weighted by atomic mass is 35.5. The van der Waals surface area contributed by atoms with Gasteiger partial charge in [-0.05, 0) is 43.0 Å². The molecule has 0 fully saturated rings. The highest BCUT2D eigenvalue weighted by Crippen LogP contribution is 2.27. The molecule has 0 spiro atoms. The maximum absolute atomic E-state index is 13.5. The average Bonchev–Trinajstić information content (AvgIpc) is 2.74. The molecule has 0 saturated heterocycles. The summed E-state index contributed by atoms with van der Waals surface area (Å²) in [5.74, 6) is -0.548. The van der Waals surface area contributed by atoms with Crippen LogP contribution in [0.15, 0.2) is 48.5 Å². The molecule has 1 N–H and O–H groups in total. The third kappa shape index (κ3) is 7.47. The number of nitrogens with zero attached hydrogens (tertiary/aromatic N) is 2. The van der Waals surface area contributed by atoms with Gasteiger partial charge in [0.25, 0.3) is 0 Å². The van der Waals surface area contributed by atoms with Crippen LogP contribution in [0.4, 0.5) is 5.69 Å². The molecule has 2 rings (SSSR count). The number of rotatable bonds is 10. The van der Waals surface area contributed by atoms with Gasteiger partial charge in [-0.1, -0.05) is 61.8 Å². The van der Waals surface area contributed by atoms with E-state index >= 15 is 0 Å². The van der Waals surface area contributed by atoms with Gasteiger partial charge in [0, 0.05) is 13.1 Å². The van der Waals surface area contributed by atoms with Gasteiger partial charge in [-0.25, -0.2) is 8.42 Å². The van der Waals surface area contributed by atoms with Crippen LogP contribution in [0.2, 0.25) is 5.02 Å². The van der Waals surface area contributed by atoms with Gasteiger partial charge in [-0.2, -0.15) is 0 Å². The second-order valence-electron chi connectivity index (χ2n) is 8.48. The number of aryl methyl sites for hydroxylation is 1. The predicted molar refractivity (Wildman–Crippen MR) is 133 cm³/mol. The maximum Gasteiger partial charge on any atom is 0.244 e. The summed E-state index contributed by atoms with van der Waals surface area (Å²) in [4.78, 5) is 27.7. The Hall–Kier alpha value is -2.58. The smallest absolute Gasteiger partial charge is 0.244 e. The Morgan fingerprint density at radius 2 is 1.64 bits per heavy atom. The standard InChI is InChI=1S/C24H32ClN3O4S/c1-17(2)14-26-24(30)19(4)27(15-20-11-7-6-10-18(20)3)23(29)16-28(33(5,31)32)22-13-9-8-12-21(22)25/h6-13,17,19H,14-16H2,1-5H3,(H,26,30)/t19-/m0/s1. The third-order valence-electron chi connectivity index (χ3n) is 5.25. The van der Waals surface area contributed by atoms with E-state index in [9.17, 15) is 18.0 Å². The van der Waals surface area contributed by atoms with E-state index in [4.69, 9.17) is 11.6 Å². The van der Waals surface area contributed by atoms with E-state index in [2.05, 4.69) is 5.32 Å². The van der Waals surface area contributed by atoms with E-state index < -0.39 is 28.5 Å². The summed E-state index contributed by atoms with van der Waals surface area (Å²) in [7, 11) is -3.82. The van der Waals surface area contributed by atoms with Crippen molar-refractivity contribution in [3.63, 3.8) is 0 Å². The van der Waals surface area contributed by atoms with Crippen LogP contribution < -0.4 is 9.62 Å². The van der Waals surface area contributed by atoms with Crippen LogP contribution in [-0.4, -0.2) is 50.5 Å². The van der Waals surface area contributed by atoms with Crippen LogP contribution in [0.5, 0.6) is 0 Å². The highest BCUT2D eigenvalue weighted by molar-refractivity contribution is 7.92. The van der Waals surface area contributed by atoms with Crippen LogP contribution in [-0.2, 0) is 26.2 Å². The van der Waals surface area contributed by atoms with Gasteiger partial charge in [0.2, 0.25) is 21.8 Å². The zero-order chi connectivity index (χ0) is 24.8. The van der Waals surface area contributed by atoms with E-state index in [1.54, 1.807) is 31.2 Å². The summed E-state index contributed by atoms with van der Waals surface area (Å²) in [5, 5.41) is 3.07. The monoisotopic (exact) mass is 493 g/mol. The lowest BCUT2D eigenvalue weighted by Gasteiger charge is -2.32. The molecule has 0 aromatic heterocycles. The summed E-state index contributed by atoms with van der Waals surface area (Å²) in [5.41, 5.74) is 2.05. The Bertz CT molecular complexity index is 1090. The molecule has 2 aromatic rings. The van der Waals surface area contributed by atoms with Crippen molar-refractivity contribution < 1.29 is 18.0 Å². The van der Waals surface area contributed by atoms with E-state index in [0.717, 1.165) is 21.7 Å². The van der Waals surface area contributed by atoms with Crippen molar-refractivity contribution in [2.75, 3.05) is 23.7 Å². The zero-order valence-corrected chi connectivity index (χ0v) is 21.3. The van der Waals surface area contributed by atoms with E-state index in [1.807, 2.05) is 45.0 Å². The van der Waals surface area contributed by atoms with Crippen molar-refractivity contribution in [1.29, 1.82) is 0 Å². The van der Waals surface area contributed by atoms with E-state index in [-0.39, 0.29) is 29.1 Å². The van der Waals surface area contributed by atoms with Crippen molar-refractivity contribution in [3.05, 3.63) is 64.7 Å². The van der Waals surface area contributed by atoms with E-state index in [0.29, 0.717) is 6.54 Å². The Morgan fingerprint density at radius 1 is 1.03 bits per heavy atom. The fourth-order valence-corrected chi connectivity index (χ4v) is 4.40. The number of anilines is 1. The summed E-state index contributed by atoms with van der Waals surface area (Å²) in [6, 6.07) is 13.2. The molecule has 0 aliphatic carbocycles. The molecular formula is C24H32ClN3O4S. The molecule has 0 unspecified atom stereocenters. The molecule has 0 saturated carbocycles. The summed E-state index contributed by atoms with van der Waals surface area (Å²) in [6.07, 6.45) is 1.02. The Kier molecular flexibility index (Phi) is 9.31. The molecule has 2 amide bonds. The number of amides is 2. The molecule has 180 valence electrons. The van der Waals surface area contributed by atoms with E-state index in [1.165, 1.54) is 4.90 Å².